The fourth-order valence-corrected chi connectivity index (χ4v) is 7.50. The van der Waals surface area contributed by atoms with E-state index in [4.69, 9.17) is 23.7 Å². The monoisotopic (exact) mass is 605 g/mol. The molecule has 1 saturated heterocycles. The quantitative estimate of drug-likeness (QED) is 0.399. The minimum Gasteiger partial charge on any atom is -0.507 e. The number of rotatable bonds is 7. The molecule has 4 aliphatic rings. The molecule has 0 aromatic heterocycles. The summed E-state index contributed by atoms with van der Waals surface area (Å²) in [6.45, 7) is 10.4. The van der Waals surface area contributed by atoms with Crippen LogP contribution in [0.3, 0.4) is 0 Å². The van der Waals surface area contributed by atoms with Crippen LogP contribution in [0.5, 0.6) is 28.7 Å². The molecule has 0 unspecified atom stereocenters. The van der Waals surface area contributed by atoms with Crippen LogP contribution in [0.15, 0.2) is 31.4 Å². The number of piperazine rings is 1. The normalized spacial score (nSPS) is 26.0. The number of phenolic OH excluding ortho intramolecular Hbond substituents is 1. The van der Waals surface area contributed by atoms with Gasteiger partial charge < -0.3 is 39.0 Å². The summed E-state index contributed by atoms with van der Waals surface area (Å²) in [5, 5.41) is 45.4. The van der Waals surface area contributed by atoms with E-state index in [0.717, 1.165) is 11.1 Å². The van der Waals surface area contributed by atoms with Crippen molar-refractivity contribution in [3.05, 3.63) is 64.8 Å². The van der Waals surface area contributed by atoms with Crippen molar-refractivity contribution in [2.24, 2.45) is 0 Å². The highest BCUT2D eigenvalue weighted by Gasteiger charge is 2.62. The average Bonchev–Trinajstić information content (AvgIpc) is 3.51. The van der Waals surface area contributed by atoms with Crippen LogP contribution in [-0.2, 0) is 11.2 Å². The van der Waals surface area contributed by atoms with E-state index in [1.165, 1.54) is 18.1 Å². The van der Waals surface area contributed by atoms with Crippen molar-refractivity contribution in [1.82, 2.24) is 9.80 Å². The third-order valence-corrected chi connectivity index (χ3v) is 9.08. The molecule has 4 heterocycles. The predicted molar refractivity (Wildman–Crippen MR) is 156 cm³/mol. The maximum Gasteiger partial charge on any atom is 0.411 e. The number of carbonyl (C=O) groups excluding carboxylic acids is 1. The number of hydrogen-bond acceptors (Lipinski definition) is 11. The Bertz CT molecular complexity index is 1580. The first-order valence-electron chi connectivity index (χ1n) is 14.4. The van der Waals surface area contributed by atoms with Gasteiger partial charge in [0.1, 0.15) is 31.1 Å². The lowest BCUT2D eigenvalue weighted by atomic mass is 9.70. The van der Waals surface area contributed by atoms with Crippen LogP contribution >= 0.6 is 0 Å². The van der Waals surface area contributed by atoms with Crippen LogP contribution in [0.25, 0.3) is 0 Å². The largest absolute Gasteiger partial charge is 0.507 e. The maximum atomic E-state index is 13.9. The Morgan fingerprint density at radius 1 is 1.16 bits per heavy atom. The number of amides is 1. The molecule has 1 fully saturated rings. The Morgan fingerprint density at radius 2 is 1.89 bits per heavy atom. The number of ether oxygens (including phenoxy) is 5. The topological polar surface area (TPSA) is 154 Å². The number of methoxy groups -OCH3 is 1. The second-order valence-corrected chi connectivity index (χ2v) is 11.2. The molecule has 0 radical (unpaired) electrons. The van der Waals surface area contributed by atoms with Crippen molar-refractivity contribution in [3.8, 4) is 34.8 Å². The smallest absolute Gasteiger partial charge is 0.411 e. The summed E-state index contributed by atoms with van der Waals surface area (Å²) in [4.78, 5) is 17.1. The first-order valence-corrected chi connectivity index (χ1v) is 14.4. The summed E-state index contributed by atoms with van der Waals surface area (Å²) in [6.07, 6.45) is 1.13. The molecule has 6 rings (SSSR count). The Morgan fingerprint density at radius 3 is 2.55 bits per heavy atom. The number of aliphatic hydroxyl groups is 2. The van der Waals surface area contributed by atoms with Gasteiger partial charge in [-0.15, -0.1) is 0 Å². The van der Waals surface area contributed by atoms with Gasteiger partial charge >= 0.3 is 6.09 Å². The number of aromatic hydroxyl groups is 1. The van der Waals surface area contributed by atoms with E-state index >= 15 is 0 Å². The highest BCUT2D eigenvalue weighted by Crippen LogP contribution is 2.61. The van der Waals surface area contributed by atoms with Crippen molar-refractivity contribution in [1.29, 1.82) is 5.26 Å². The molecule has 2 aromatic rings. The van der Waals surface area contributed by atoms with Crippen LogP contribution in [-0.4, -0.2) is 83.1 Å². The molecular formula is C32H35N3O9. The Balaban J connectivity index is 1.67. The van der Waals surface area contributed by atoms with E-state index in [2.05, 4.69) is 19.2 Å². The fourth-order valence-electron chi connectivity index (χ4n) is 7.50. The number of nitriles is 1. The molecule has 0 spiro atoms. The summed E-state index contributed by atoms with van der Waals surface area (Å²) in [5.41, 5.74) is 3.03. The molecule has 4 aliphatic heterocycles. The van der Waals surface area contributed by atoms with Gasteiger partial charge in [-0.2, -0.15) is 5.26 Å². The Labute approximate surface area is 254 Å². The number of carbonyl (C=O) groups is 1. The number of fused-ring (bicyclic) bond motifs is 9. The lowest BCUT2D eigenvalue weighted by molar-refractivity contribution is -0.126. The summed E-state index contributed by atoms with van der Waals surface area (Å²) in [5.74, 6) is 1.22. The van der Waals surface area contributed by atoms with Gasteiger partial charge in [-0.1, -0.05) is 31.4 Å². The van der Waals surface area contributed by atoms with Gasteiger partial charge in [0.25, 0.3) is 0 Å². The van der Waals surface area contributed by atoms with Crippen LogP contribution < -0.4 is 18.9 Å². The van der Waals surface area contributed by atoms with E-state index < -0.39 is 49.0 Å². The van der Waals surface area contributed by atoms with Crippen LogP contribution in [0.1, 0.15) is 51.6 Å². The molecule has 6 atom stereocenters. The van der Waals surface area contributed by atoms with E-state index in [1.54, 1.807) is 17.9 Å². The van der Waals surface area contributed by atoms with Crippen molar-refractivity contribution >= 4 is 6.09 Å². The van der Waals surface area contributed by atoms with Gasteiger partial charge in [0.2, 0.25) is 6.79 Å². The number of nitrogens with zero attached hydrogens (tertiary/aromatic N) is 3. The van der Waals surface area contributed by atoms with E-state index in [1.807, 2.05) is 13.0 Å². The lowest BCUT2D eigenvalue weighted by Crippen LogP contribution is -2.71. The maximum absolute atomic E-state index is 13.9. The summed E-state index contributed by atoms with van der Waals surface area (Å²) < 4.78 is 29.0. The Kier molecular flexibility index (Phi) is 7.57. The molecule has 2 bridgehead atoms. The van der Waals surface area contributed by atoms with Gasteiger partial charge in [-0.3, -0.25) is 9.80 Å². The molecule has 1 amide bonds. The van der Waals surface area contributed by atoms with Crippen LogP contribution in [0.2, 0.25) is 0 Å². The zero-order valence-corrected chi connectivity index (χ0v) is 24.8. The molecule has 0 aliphatic carbocycles. The first kappa shape index (κ1) is 29.6. The number of aryl methyl sites for hydroxylation is 1. The highest BCUT2D eigenvalue weighted by atomic mass is 16.7. The molecule has 12 heteroatoms. The summed E-state index contributed by atoms with van der Waals surface area (Å²) >= 11 is 0. The molecule has 232 valence electrons. The number of hydrogen-bond donors (Lipinski definition) is 3. The van der Waals surface area contributed by atoms with E-state index in [-0.39, 0.29) is 37.7 Å². The fraction of sp³-hybridized carbons (Fsp3) is 0.438. The molecule has 12 nitrogen and oxygen atoms in total. The van der Waals surface area contributed by atoms with Crippen molar-refractivity contribution in [2.45, 2.75) is 56.6 Å². The second-order valence-electron chi connectivity index (χ2n) is 11.2. The molecule has 44 heavy (non-hydrogen) atoms. The highest BCUT2D eigenvalue weighted by molar-refractivity contribution is 5.73. The zero-order valence-electron chi connectivity index (χ0n) is 24.8. The predicted octanol–water partition coefficient (Wildman–Crippen LogP) is 3.26. The minimum absolute atomic E-state index is 0.0710. The molecule has 0 saturated carbocycles. The van der Waals surface area contributed by atoms with E-state index in [0.29, 0.717) is 39.7 Å². The van der Waals surface area contributed by atoms with Crippen LogP contribution in [0.4, 0.5) is 4.79 Å². The molecule has 3 N–H and O–H groups in total. The third-order valence-electron chi connectivity index (χ3n) is 9.08. The van der Waals surface area contributed by atoms with Gasteiger partial charge in [-0.25, -0.2) is 4.79 Å². The standard InChI is InChI=1S/C32H35N3O9/c1-6-8-41-30-21-17(10-15(3)28(30)40-5)11-18-19(12-33)34-20(13-36)22-23(26(37)16(4)29-31(22)44-14-43-29)27(38)25(34)24(21)35(18)32(39)42-9-7-2/h6-7,10,18-20,24-25,27,36-38H,1-2,8-9,11,13-14H2,3-5H3/t18-,19-,20-,24-,25+,27-/m0/s1. The number of aliphatic hydroxyl groups excluding tert-OH is 2. The zero-order chi connectivity index (χ0) is 31.4. The van der Waals surface area contributed by atoms with Crippen molar-refractivity contribution < 1.29 is 43.8 Å². The van der Waals surface area contributed by atoms with Gasteiger partial charge in [0.05, 0.1) is 44.0 Å². The second kappa shape index (κ2) is 11.2. The summed E-state index contributed by atoms with van der Waals surface area (Å²) in [7, 11) is 1.52. The minimum atomic E-state index is -1.46. The molecular weight excluding hydrogens is 570 g/mol. The number of phenols is 1. The average molecular weight is 606 g/mol. The first-order chi connectivity index (χ1) is 21.2. The van der Waals surface area contributed by atoms with Gasteiger partial charge in [-0.05, 0) is 31.4 Å². The van der Waals surface area contributed by atoms with Gasteiger partial charge in [0.15, 0.2) is 23.0 Å². The SMILES string of the molecule is C=CCOC(=O)N1[C@H]2Cc3cc(C)c(OC)c(OCC=C)c3[C@H]1[C@@H]1[C@@H](O)c3c(O)c(C)c4c(c3[C@H](CO)N1[C@H]2C#N)OCO4. The number of benzene rings is 2. The van der Waals surface area contributed by atoms with Crippen molar-refractivity contribution in [2.75, 3.05) is 33.7 Å². The third kappa shape index (κ3) is 4.03. The Hall–Kier alpha value is -4.44. The lowest BCUT2D eigenvalue weighted by Gasteiger charge is -2.60. The summed E-state index contributed by atoms with van der Waals surface area (Å²) in [6, 6.07) is -0.331. The van der Waals surface area contributed by atoms with Gasteiger partial charge in [0, 0.05) is 22.3 Å². The molecule has 2 aromatic carbocycles. The van der Waals surface area contributed by atoms with Crippen molar-refractivity contribution in [3.63, 3.8) is 0 Å². The van der Waals surface area contributed by atoms with Crippen LogP contribution in [0, 0.1) is 25.2 Å². The van der Waals surface area contributed by atoms with E-state index in [9.17, 15) is 25.4 Å².